The molecule has 2 heterocycles. The molecule has 39 heavy (non-hydrogen) atoms. The summed E-state index contributed by atoms with van der Waals surface area (Å²) in [6.45, 7) is 10.9. The number of aromatic nitrogens is 1. The number of amides is 1. The second-order valence-corrected chi connectivity index (χ2v) is 12.6. The van der Waals surface area contributed by atoms with Crippen molar-refractivity contribution in [3.63, 3.8) is 0 Å². The lowest BCUT2D eigenvalue weighted by Gasteiger charge is -2.29. The summed E-state index contributed by atoms with van der Waals surface area (Å²) in [5.74, 6) is 1.33. The van der Waals surface area contributed by atoms with E-state index in [1.165, 1.54) is 11.3 Å². The minimum Gasteiger partial charge on any atom is -0.496 e. The topological polar surface area (TPSA) is 73.1 Å². The lowest BCUT2D eigenvalue weighted by molar-refractivity contribution is -0.127. The van der Waals surface area contributed by atoms with Gasteiger partial charge in [0.05, 0.1) is 36.2 Å². The van der Waals surface area contributed by atoms with Crippen molar-refractivity contribution >= 4 is 68.5 Å². The highest BCUT2D eigenvalue weighted by atomic mass is 127. The van der Waals surface area contributed by atoms with E-state index < -0.39 is 6.04 Å². The largest absolute Gasteiger partial charge is 0.496 e. The van der Waals surface area contributed by atoms with Gasteiger partial charge in [0.1, 0.15) is 17.5 Å². The normalized spacial score (nSPS) is 15.3. The predicted molar refractivity (Wildman–Crippen MR) is 172 cm³/mol. The van der Waals surface area contributed by atoms with Crippen molar-refractivity contribution < 1.29 is 14.3 Å². The van der Waals surface area contributed by atoms with Crippen LogP contribution in [0.15, 0.2) is 57.5 Å². The van der Waals surface area contributed by atoms with Crippen molar-refractivity contribution in [3.05, 3.63) is 85.6 Å². The number of allylic oxidation sites excluding steroid dienone is 1. The molecule has 0 spiro atoms. The summed E-state index contributed by atoms with van der Waals surface area (Å²) in [7, 11) is 1.60. The third-order valence-electron chi connectivity index (χ3n) is 6.41. The Balaban J connectivity index is 1.95. The van der Waals surface area contributed by atoms with Gasteiger partial charge in [0, 0.05) is 18.7 Å². The maximum atomic E-state index is 14.0. The summed E-state index contributed by atoms with van der Waals surface area (Å²) in [4.78, 5) is 34.9. The van der Waals surface area contributed by atoms with Crippen LogP contribution in [0.1, 0.15) is 51.8 Å². The van der Waals surface area contributed by atoms with Crippen LogP contribution in [-0.2, 0) is 4.79 Å². The number of thiazole rings is 1. The van der Waals surface area contributed by atoms with Crippen molar-refractivity contribution in [2.45, 2.75) is 46.8 Å². The third kappa shape index (κ3) is 5.97. The molecule has 1 amide bonds. The Bertz CT molecular complexity index is 1600. The Labute approximate surface area is 259 Å². The van der Waals surface area contributed by atoms with Crippen LogP contribution in [0.5, 0.6) is 11.5 Å². The first-order valence-electron chi connectivity index (χ1n) is 12.7. The SMILES string of the molecule is CCN(CC)C(=O)C1=C(C)N=c2s/c(=C/c3cc(I)c(OC(C)C)c(I)c3)c(=O)n2[C@H]1c1ccccc1OC. The molecule has 206 valence electrons. The molecule has 0 unspecified atom stereocenters. The zero-order chi connectivity index (χ0) is 28.4. The molecular formula is C29H31I2N3O4S. The number of ether oxygens (including phenoxy) is 2. The highest BCUT2D eigenvalue weighted by Gasteiger charge is 2.35. The van der Waals surface area contributed by atoms with Crippen molar-refractivity contribution in [1.82, 2.24) is 9.47 Å². The standard InChI is InChI=1S/C29H31I2N3O4S/c1-7-33(8-2)28(36)24-17(5)32-29-34(25(24)19-11-9-10-12-22(19)37-6)27(35)23(39-29)15-18-13-20(30)26(21(31)14-18)38-16(3)4/h9-16,25H,7-8H2,1-6H3/b23-15+/t25-/m0/s1. The first kappa shape index (κ1) is 29.8. The van der Waals surface area contributed by atoms with E-state index in [1.54, 1.807) is 16.6 Å². The van der Waals surface area contributed by atoms with Gasteiger partial charge in [0.15, 0.2) is 4.80 Å². The number of likely N-dealkylation sites (N-methyl/N-ethyl adjacent to an activating group) is 1. The van der Waals surface area contributed by atoms with Gasteiger partial charge in [0.25, 0.3) is 11.5 Å². The number of hydrogen-bond donors (Lipinski definition) is 0. The molecule has 0 saturated heterocycles. The van der Waals surface area contributed by atoms with Gasteiger partial charge < -0.3 is 14.4 Å². The number of halogens is 2. The fourth-order valence-corrected chi connectivity index (χ4v) is 7.74. The van der Waals surface area contributed by atoms with Crippen LogP contribution in [-0.4, -0.2) is 41.7 Å². The molecule has 1 atom stereocenters. The van der Waals surface area contributed by atoms with E-state index in [0.717, 1.165) is 24.0 Å². The van der Waals surface area contributed by atoms with Crippen LogP contribution in [0.25, 0.3) is 6.08 Å². The third-order valence-corrected chi connectivity index (χ3v) is 8.99. The average Bonchev–Trinajstić information content (AvgIpc) is 3.20. The van der Waals surface area contributed by atoms with Gasteiger partial charge in [-0.1, -0.05) is 29.5 Å². The predicted octanol–water partition coefficient (Wildman–Crippen LogP) is 5.11. The molecule has 1 aromatic heterocycles. The molecule has 0 N–H and O–H groups in total. The molecule has 4 rings (SSSR count). The lowest BCUT2D eigenvalue weighted by atomic mass is 9.94. The molecule has 0 fully saturated rings. The Morgan fingerprint density at radius 1 is 1.18 bits per heavy atom. The van der Waals surface area contributed by atoms with Crippen LogP contribution in [0.2, 0.25) is 0 Å². The fraction of sp³-hybridized carbons (Fsp3) is 0.345. The van der Waals surface area contributed by atoms with Crippen LogP contribution in [0.3, 0.4) is 0 Å². The maximum Gasteiger partial charge on any atom is 0.271 e. The van der Waals surface area contributed by atoms with Crippen LogP contribution in [0, 0.1) is 7.14 Å². The smallest absolute Gasteiger partial charge is 0.271 e. The van der Waals surface area contributed by atoms with Gasteiger partial charge in [-0.2, -0.15) is 0 Å². The van der Waals surface area contributed by atoms with Crippen LogP contribution >= 0.6 is 56.5 Å². The number of fused-ring (bicyclic) bond motifs is 1. The Morgan fingerprint density at radius 3 is 2.41 bits per heavy atom. The number of benzene rings is 2. The van der Waals surface area contributed by atoms with Gasteiger partial charge in [-0.05, 0) is 110 Å². The minimum absolute atomic E-state index is 0.0630. The van der Waals surface area contributed by atoms with Crippen molar-refractivity contribution in [2.75, 3.05) is 20.2 Å². The molecule has 0 aliphatic carbocycles. The van der Waals surface area contributed by atoms with Gasteiger partial charge in [-0.15, -0.1) is 0 Å². The summed E-state index contributed by atoms with van der Waals surface area (Å²) in [6.07, 6.45) is 1.95. The van der Waals surface area contributed by atoms with E-state index in [4.69, 9.17) is 14.5 Å². The zero-order valence-corrected chi connectivity index (χ0v) is 27.9. The number of nitrogens with zero attached hydrogens (tertiary/aromatic N) is 3. The summed E-state index contributed by atoms with van der Waals surface area (Å²) < 4.78 is 15.8. The Morgan fingerprint density at radius 2 is 1.82 bits per heavy atom. The van der Waals surface area contributed by atoms with Gasteiger partial charge >= 0.3 is 0 Å². The lowest BCUT2D eigenvalue weighted by Crippen LogP contribution is -2.43. The molecule has 10 heteroatoms. The average molecular weight is 771 g/mol. The van der Waals surface area contributed by atoms with Crippen LogP contribution < -0.4 is 24.4 Å². The monoisotopic (exact) mass is 771 g/mol. The number of carbonyl (C=O) groups is 1. The Kier molecular flexibility index (Phi) is 9.58. The van der Waals surface area contributed by atoms with E-state index in [1.807, 2.05) is 77.1 Å². The molecular weight excluding hydrogens is 740 g/mol. The van der Waals surface area contributed by atoms with E-state index in [-0.39, 0.29) is 17.6 Å². The molecule has 1 aliphatic rings. The highest BCUT2D eigenvalue weighted by molar-refractivity contribution is 14.1. The minimum atomic E-state index is -0.658. The second kappa shape index (κ2) is 12.5. The molecule has 0 saturated carbocycles. The number of hydrogen-bond acceptors (Lipinski definition) is 6. The molecule has 0 bridgehead atoms. The van der Waals surface area contributed by atoms with Gasteiger partial charge in [0.2, 0.25) is 0 Å². The number of para-hydroxylation sites is 1. The van der Waals surface area contributed by atoms with Crippen molar-refractivity contribution in [1.29, 1.82) is 0 Å². The van der Waals surface area contributed by atoms with E-state index in [0.29, 0.717) is 39.4 Å². The number of carbonyl (C=O) groups excluding carboxylic acids is 1. The van der Waals surface area contributed by atoms with Gasteiger partial charge in [-0.25, -0.2) is 4.99 Å². The van der Waals surface area contributed by atoms with Crippen molar-refractivity contribution in [3.8, 4) is 11.5 Å². The molecule has 3 aromatic rings. The highest BCUT2D eigenvalue weighted by Crippen LogP contribution is 2.36. The first-order valence-corrected chi connectivity index (χ1v) is 15.7. The van der Waals surface area contributed by atoms with E-state index in [2.05, 4.69) is 45.2 Å². The van der Waals surface area contributed by atoms with E-state index in [9.17, 15) is 9.59 Å². The fourth-order valence-electron chi connectivity index (χ4n) is 4.63. The molecule has 0 radical (unpaired) electrons. The van der Waals surface area contributed by atoms with Gasteiger partial charge in [-0.3, -0.25) is 14.2 Å². The summed E-state index contributed by atoms with van der Waals surface area (Å²) in [5, 5.41) is 0. The van der Waals surface area contributed by atoms with Crippen molar-refractivity contribution in [2.24, 2.45) is 4.99 Å². The molecule has 7 nitrogen and oxygen atoms in total. The maximum absolute atomic E-state index is 14.0. The molecule has 1 aliphatic heterocycles. The molecule has 2 aromatic carbocycles. The summed E-state index contributed by atoms with van der Waals surface area (Å²) in [6, 6.07) is 10.9. The summed E-state index contributed by atoms with van der Waals surface area (Å²) >= 11 is 5.86. The zero-order valence-electron chi connectivity index (χ0n) is 22.7. The number of rotatable bonds is 8. The quantitative estimate of drug-likeness (QED) is 0.299. The number of methoxy groups -OCH3 is 1. The first-order chi connectivity index (χ1) is 18.6. The van der Waals surface area contributed by atoms with Crippen LogP contribution in [0.4, 0.5) is 0 Å². The van der Waals surface area contributed by atoms with E-state index >= 15 is 0 Å². The second-order valence-electron chi connectivity index (χ2n) is 9.28. The Hall–Kier alpha value is -2.19. The summed E-state index contributed by atoms with van der Waals surface area (Å²) in [5.41, 5.74) is 2.54.